The summed E-state index contributed by atoms with van der Waals surface area (Å²) in [5.74, 6) is -0.298. The second-order valence-electron chi connectivity index (χ2n) is 6.77. The van der Waals surface area contributed by atoms with Gasteiger partial charge in [0.25, 0.3) is 5.91 Å². The Kier molecular flexibility index (Phi) is 5.86. The Labute approximate surface area is 179 Å². The largest absolute Gasteiger partial charge is 0.346 e. The topological polar surface area (TPSA) is 72.7 Å². The maximum atomic E-state index is 13.0. The molecule has 0 saturated heterocycles. The van der Waals surface area contributed by atoms with Gasteiger partial charge in [-0.25, -0.2) is 4.68 Å². The third kappa shape index (κ3) is 4.23. The lowest BCUT2D eigenvalue weighted by Crippen LogP contribution is -2.24. The number of nitrogens with zero attached hydrogens (tertiary/aromatic N) is 4. The fourth-order valence-corrected chi connectivity index (χ4v) is 3.24. The van der Waals surface area contributed by atoms with Gasteiger partial charge in [0.05, 0.1) is 5.69 Å². The van der Waals surface area contributed by atoms with E-state index in [0.29, 0.717) is 17.3 Å². The van der Waals surface area contributed by atoms with E-state index in [4.69, 9.17) is 11.6 Å². The van der Waals surface area contributed by atoms with E-state index >= 15 is 0 Å². The van der Waals surface area contributed by atoms with Crippen molar-refractivity contribution in [2.75, 3.05) is 0 Å². The van der Waals surface area contributed by atoms with Crippen molar-refractivity contribution in [1.82, 2.24) is 25.3 Å². The Morgan fingerprint density at radius 3 is 2.43 bits per heavy atom. The van der Waals surface area contributed by atoms with Crippen molar-refractivity contribution in [2.45, 2.75) is 19.9 Å². The molecule has 0 spiro atoms. The lowest BCUT2D eigenvalue weighted by molar-refractivity contribution is 0.0946. The maximum Gasteiger partial charge on any atom is 0.274 e. The van der Waals surface area contributed by atoms with Gasteiger partial charge in [-0.05, 0) is 53.9 Å². The number of pyridine rings is 1. The highest BCUT2D eigenvalue weighted by Gasteiger charge is 2.22. The Hall–Kier alpha value is -3.51. The number of aryl methyl sites for hydroxylation is 1. The molecule has 0 aliphatic carbocycles. The van der Waals surface area contributed by atoms with Crippen LogP contribution in [0.5, 0.6) is 0 Å². The predicted octanol–water partition coefficient (Wildman–Crippen LogP) is 4.48. The van der Waals surface area contributed by atoms with Crippen molar-refractivity contribution >= 4 is 17.5 Å². The number of carbonyl (C=O) groups is 1. The summed E-state index contributed by atoms with van der Waals surface area (Å²) in [6.45, 7) is 2.52. The molecule has 4 rings (SSSR count). The van der Waals surface area contributed by atoms with Gasteiger partial charge in [-0.2, -0.15) is 0 Å². The van der Waals surface area contributed by atoms with Crippen molar-refractivity contribution in [3.8, 4) is 16.9 Å². The third-order valence-electron chi connectivity index (χ3n) is 4.78. The highest BCUT2D eigenvalue weighted by atomic mass is 35.5. The Morgan fingerprint density at radius 1 is 1.03 bits per heavy atom. The Morgan fingerprint density at radius 2 is 1.77 bits per heavy atom. The highest BCUT2D eigenvalue weighted by molar-refractivity contribution is 6.30. The number of amides is 1. The number of benzene rings is 2. The van der Waals surface area contributed by atoms with E-state index in [0.717, 1.165) is 23.2 Å². The van der Waals surface area contributed by atoms with Crippen LogP contribution < -0.4 is 5.32 Å². The fourth-order valence-electron chi connectivity index (χ4n) is 3.12. The van der Waals surface area contributed by atoms with Crippen LogP contribution in [0, 0.1) is 0 Å². The lowest BCUT2D eigenvalue weighted by atomic mass is 10.1. The van der Waals surface area contributed by atoms with E-state index in [2.05, 4.69) is 39.7 Å². The molecule has 4 aromatic rings. The maximum absolute atomic E-state index is 13.0. The second kappa shape index (κ2) is 8.88. The summed E-state index contributed by atoms with van der Waals surface area (Å²) in [5.41, 5.74) is 4.59. The molecule has 0 aliphatic heterocycles. The number of aromatic nitrogens is 4. The number of nitrogens with one attached hydrogen (secondary N) is 1. The Balaban J connectivity index is 1.65. The summed E-state index contributed by atoms with van der Waals surface area (Å²) in [6, 6.07) is 19.1. The average molecular weight is 418 g/mol. The van der Waals surface area contributed by atoms with E-state index in [1.807, 2.05) is 36.4 Å². The molecule has 0 aliphatic rings. The van der Waals surface area contributed by atoms with Crippen LogP contribution in [-0.4, -0.2) is 25.9 Å². The van der Waals surface area contributed by atoms with Gasteiger partial charge in [0.15, 0.2) is 5.69 Å². The van der Waals surface area contributed by atoms with Crippen LogP contribution in [0.4, 0.5) is 0 Å². The molecular weight excluding hydrogens is 398 g/mol. The van der Waals surface area contributed by atoms with Crippen molar-refractivity contribution in [2.24, 2.45) is 0 Å². The van der Waals surface area contributed by atoms with Gasteiger partial charge in [-0.3, -0.25) is 9.78 Å². The number of carbonyl (C=O) groups excluding carboxylic acids is 1. The molecule has 0 bridgehead atoms. The first kappa shape index (κ1) is 19.8. The highest BCUT2D eigenvalue weighted by Crippen LogP contribution is 2.25. The normalized spacial score (nSPS) is 10.7. The fraction of sp³-hybridized carbons (Fsp3) is 0.130. The van der Waals surface area contributed by atoms with Gasteiger partial charge >= 0.3 is 0 Å². The number of rotatable bonds is 6. The number of hydrogen-bond acceptors (Lipinski definition) is 4. The zero-order valence-electron chi connectivity index (χ0n) is 16.4. The minimum atomic E-state index is -0.298. The molecular formula is C23H20ClN5O. The average Bonchev–Trinajstić information content (AvgIpc) is 3.24. The number of hydrogen-bond donors (Lipinski definition) is 1. The van der Waals surface area contributed by atoms with E-state index in [1.54, 1.807) is 29.2 Å². The summed E-state index contributed by atoms with van der Waals surface area (Å²) in [7, 11) is 0. The van der Waals surface area contributed by atoms with Crippen LogP contribution in [0.15, 0.2) is 73.1 Å². The smallest absolute Gasteiger partial charge is 0.274 e. The minimum absolute atomic E-state index is 0.239. The van der Waals surface area contributed by atoms with Crippen LogP contribution in [0.1, 0.15) is 28.5 Å². The van der Waals surface area contributed by atoms with E-state index in [-0.39, 0.29) is 11.6 Å². The molecule has 6 nitrogen and oxygen atoms in total. The molecule has 1 N–H and O–H groups in total. The summed E-state index contributed by atoms with van der Waals surface area (Å²) in [5, 5.41) is 12.0. The number of halogens is 1. The zero-order chi connectivity index (χ0) is 20.9. The lowest BCUT2D eigenvalue weighted by Gasteiger charge is -2.09. The molecule has 0 unspecified atom stereocenters. The molecule has 2 aromatic carbocycles. The molecule has 30 heavy (non-hydrogen) atoms. The van der Waals surface area contributed by atoms with Gasteiger partial charge in [-0.15, -0.1) is 5.10 Å². The first-order chi connectivity index (χ1) is 14.7. The van der Waals surface area contributed by atoms with E-state index in [9.17, 15) is 4.79 Å². The van der Waals surface area contributed by atoms with Crippen molar-refractivity contribution < 1.29 is 4.79 Å². The quantitative estimate of drug-likeness (QED) is 0.502. The molecule has 0 radical (unpaired) electrons. The SMILES string of the molecule is CCc1ccc(CNC(=O)c2nnn(-c3ccc(Cl)cc3)c2-c2cccnc2)cc1. The third-order valence-corrected chi connectivity index (χ3v) is 5.03. The van der Waals surface area contributed by atoms with E-state index < -0.39 is 0 Å². The predicted molar refractivity (Wildman–Crippen MR) is 117 cm³/mol. The van der Waals surface area contributed by atoms with E-state index in [1.165, 1.54) is 5.56 Å². The van der Waals surface area contributed by atoms with Gasteiger partial charge in [-0.1, -0.05) is 48.0 Å². The standard InChI is InChI=1S/C23H20ClN5O/c1-2-16-5-7-17(8-6-16)14-26-23(30)21-22(18-4-3-13-25-15-18)29(28-27-21)20-11-9-19(24)10-12-20/h3-13,15H,2,14H2,1H3,(H,26,30). The summed E-state index contributed by atoms with van der Waals surface area (Å²) in [6.07, 6.45) is 4.35. The molecule has 1 amide bonds. The Bertz CT molecular complexity index is 1140. The van der Waals surface area contributed by atoms with Crippen LogP contribution in [0.3, 0.4) is 0 Å². The summed E-state index contributed by atoms with van der Waals surface area (Å²) < 4.78 is 1.62. The van der Waals surface area contributed by atoms with Crippen LogP contribution >= 0.6 is 11.6 Å². The van der Waals surface area contributed by atoms with Gasteiger partial charge in [0.2, 0.25) is 0 Å². The zero-order valence-corrected chi connectivity index (χ0v) is 17.2. The summed E-state index contributed by atoms with van der Waals surface area (Å²) in [4.78, 5) is 17.1. The minimum Gasteiger partial charge on any atom is -0.346 e. The second-order valence-corrected chi connectivity index (χ2v) is 7.21. The summed E-state index contributed by atoms with van der Waals surface area (Å²) >= 11 is 6.01. The molecule has 7 heteroatoms. The molecule has 0 fully saturated rings. The van der Waals surface area contributed by atoms with Gasteiger partial charge < -0.3 is 5.32 Å². The van der Waals surface area contributed by atoms with Crippen molar-refractivity contribution in [3.63, 3.8) is 0 Å². The molecule has 0 saturated carbocycles. The first-order valence-corrected chi connectivity index (χ1v) is 10.0. The van der Waals surface area contributed by atoms with Crippen LogP contribution in [-0.2, 0) is 13.0 Å². The molecule has 2 aromatic heterocycles. The van der Waals surface area contributed by atoms with Crippen molar-refractivity contribution in [3.05, 3.63) is 94.9 Å². The molecule has 0 atom stereocenters. The molecule has 2 heterocycles. The van der Waals surface area contributed by atoms with Gasteiger partial charge in [0, 0.05) is 29.5 Å². The van der Waals surface area contributed by atoms with Crippen LogP contribution in [0.25, 0.3) is 16.9 Å². The van der Waals surface area contributed by atoms with Crippen LogP contribution in [0.2, 0.25) is 5.02 Å². The molecule has 150 valence electrons. The monoisotopic (exact) mass is 417 g/mol. The van der Waals surface area contributed by atoms with Gasteiger partial charge in [0.1, 0.15) is 5.69 Å². The first-order valence-electron chi connectivity index (χ1n) is 9.63. The van der Waals surface area contributed by atoms with Crippen molar-refractivity contribution in [1.29, 1.82) is 0 Å².